The Hall–Kier alpha value is -3.34. The Bertz CT molecular complexity index is 1100. The number of pyridine rings is 1. The summed E-state index contributed by atoms with van der Waals surface area (Å²) in [5, 5.41) is 3.48. The molecule has 130 valence electrons. The highest BCUT2D eigenvalue weighted by Gasteiger charge is 2.20. The number of benzene rings is 2. The molecule has 4 rings (SSSR count). The predicted molar refractivity (Wildman–Crippen MR) is 103 cm³/mol. The molecule has 5 heteroatoms. The fraction of sp³-hybridized carbons (Fsp3) is 0.143. The number of methoxy groups -OCH3 is 1. The Morgan fingerprint density at radius 3 is 2.62 bits per heavy atom. The van der Waals surface area contributed by atoms with Gasteiger partial charge in [0, 0.05) is 6.54 Å². The maximum Gasteiger partial charge on any atom is 0.341 e. The molecule has 1 N–H and O–H groups in total. The Balaban J connectivity index is 1.91. The van der Waals surface area contributed by atoms with E-state index in [1.54, 1.807) is 0 Å². The Morgan fingerprint density at radius 2 is 1.85 bits per heavy atom. The zero-order valence-electron chi connectivity index (χ0n) is 14.7. The van der Waals surface area contributed by atoms with Gasteiger partial charge in [0.05, 0.1) is 18.1 Å². The first-order chi connectivity index (χ1) is 12.7. The van der Waals surface area contributed by atoms with E-state index in [1.807, 2.05) is 59.9 Å². The lowest BCUT2D eigenvalue weighted by Gasteiger charge is -2.14. The van der Waals surface area contributed by atoms with E-state index in [0.29, 0.717) is 17.8 Å². The van der Waals surface area contributed by atoms with Gasteiger partial charge in [0.2, 0.25) is 0 Å². The number of nitrogens with zero attached hydrogens (tertiary/aromatic N) is 2. The topological polar surface area (TPSA) is 55.6 Å². The molecule has 0 saturated heterocycles. The molecule has 2 aromatic heterocycles. The van der Waals surface area contributed by atoms with E-state index < -0.39 is 0 Å². The second-order valence-electron chi connectivity index (χ2n) is 6.18. The van der Waals surface area contributed by atoms with Gasteiger partial charge in [0.15, 0.2) is 5.65 Å². The fourth-order valence-corrected chi connectivity index (χ4v) is 3.23. The Labute approximate surface area is 151 Å². The number of nitrogens with one attached hydrogen (secondary N) is 1. The van der Waals surface area contributed by atoms with E-state index in [0.717, 1.165) is 22.4 Å². The lowest BCUT2D eigenvalue weighted by Crippen LogP contribution is -2.11. The summed E-state index contributed by atoms with van der Waals surface area (Å²) >= 11 is 0. The third-order valence-corrected chi connectivity index (χ3v) is 4.48. The summed E-state index contributed by atoms with van der Waals surface area (Å²) in [6.45, 7) is 2.58. The molecule has 0 aliphatic rings. The van der Waals surface area contributed by atoms with Gasteiger partial charge in [-0.15, -0.1) is 0 Å². The molecular formula is C21H19N3O2. The summed E-state index contributed by atoms with van der Waals surface area (Å²) in [5.41, 5.74) is 4.90. The van der Waals surface area contributed by atoms with E-state index in [-0.39, 0.29) is 5.97 Å². The number of hydrogen-bond donors (Lipinski definition) is 1. The van der Waals surface area contributed by atoms with Gasteiger partial charge in [-0.3, -0.25) is 4.40 Å². The summed E-state index contributed by atoms with van der Waals surface area (Å²) in [4.78, 5) is 17.0. The smallest absolute Gasteiger partial charge is 0.341 e. The van der Waals surface area contributed by atoms with Crippen LogP contribution in [0.4, 0.5) is 5.82 Å². The second kappa shape index (κ2) is 6.52. The van der Waals surface area contributed by atoms with E-state index in [4.69, 9.17) is 4.74 Å². The minimum absolute atomic E-state index is 0.377. The van der Waals surface area contributed by atoms with Gasteiger partial charge in [-0.1, -0.05) is 42.5 Å². The average Bonchev–Trinajstić information content (AvgIpc) is 3.05. The van der Waals surface area contributed by atoms with Crippen LogP contribution in [-0.4, -0.2) is 22.5 Å². The summed E-state index contributed by atoms with van der Waals surface area (Å²) in [7, 11) is 1.39. The molecule has 0 radical (unpaired) electrons. The van der Waals surface area contributed by atoms with Crippen molar-refractivity contribution >= 4 is 28.5 Å². The molecule has 0 aliphatic heterocycles. The number of aromatic nitrogens is 2. The van der Waals surface area contributed by atoms with E-state index in [1.165, 1.54) is 12.7 Å². The van der Waals surface area contributed by atoms with Crippen molar-refractivity contribution in [2.24, 2.45) is 0 Å². The molecule has 0 unspecified atom stereocenters. The van der Waals surface area contributed by atoms with Crippen LogP contribution >= 0.6 is 0 Å². The van der Waals surface area contributed by atoms with Crippen LogP contribution in [0.1, 0.15) is 21.5 Å². The molecule has 0 amide bonds. The van der Waals surface area contributed by atoms with Crippen molar-refractivity contribution in [2.75, 3.05) is 12.4 Å². The van der Waals surface area contributed by atoms with Crippen LogP contribution in [-0.2, 0) is 11.3 Å². The van der Waals surface area contributed by atoms with Crippen molar-refractivity contribution in [1.82, 2.24) is 9.38 Å². The maximum absolute atomic E-state index is 12.3. The molecule has 26 heavy (non-hydrogen) atoms. The van der Waals surface area contributed by atoms with Crippen molar-refractivity contribution in [3.05, 3.63) is 77.4 Å². The maximum atomic E-state index is 12.3. The normalized spacial score (nSPS) is 11.0. The number of esters is 1. The molecule has 0 fully saturated rings. The van der Waals surface area contributed by atoms with Crippen LogP contribution in [0.3, 0.4) is 0 Å². The molecule has 2 heterocycles. The van der Waals surface area contributed by atoms with Crippen LogP contribution in [0.5, 0.6) is 0 Å². The van der Waals surface area contributed by atoms with E-state index >= 15 is 0 Å². The van der Waals surface area contributed by atoms with Crippen molar-refractivity contribution in [2.45, 2.75) is 13.5 Å². The third kappa shape index (κ3) is 2.67. The van der Waals surface area contributed by atoms with Crippen LogP contribution in [0.2, 0.25) is 0 Å². The highest BCUT2D eigenvalue weighted by atomic mass is 16.5. The standard InChI is InChI=1S/C21H19N3O2/c1-14-12-18(22-13-15-8-4-3-5-9-15)24-17-11-7-6-10-16(17)23-20(24)19(14)21(25)26-2/h3-12,22H,13H2,1-2H3. The van der Waals surface area contributed by atoms with Gasteiger partial charge in [0.25, 0.3) is 0 Å². The Morgan fingerprint density at radius 1 is 1.12 bits per heavy atom. The average molecular weight is 345 g/mol. The number of anilines is 1. The fourth-order valence-electron chi connectivity index (χ4n) is 3.23. The first kappa shape index (κ1) is 16.1. The third-order valence-electron chi connectivity index (χ3n) is 4.48. The summed E-state index contributed by atoms with van der Waals surface area (Å²) in [5.74, 6) is 0.514. The number of carbonyl (C=O) groups is 1. The number of para-hydroxylation sites is 2. The van der Waals surface area contributed by atoms with Gasteiger partial charge < -0.3 is 10.1 Å². The predicted octanol–water partition coefficient (Wildman–Crippen LogP) is 4.19. The van der Waals surface area contributed by atoms with Crippen molar-refractivity contribution in [1.29, 1.82) is 0 Å². The largest absolute Gasteiger partial charge is 0.465 e. The van der Waals surface area contributed by atoms with E-state index in [2.05, 4.69) is 22.4 Å². The van der Waals surface area contributed by atoms with Gasteiger partial charge in [-0.05, 0) is 36.2 Å². The van der Waals surface area contributed by atoms with Crippen LogP contribution in [0.25, 0.3) is 16.7 Å². The number of carbonyl (C=O) groups excluding carboxylic acids is 1. The van der Waals surface area contributed by atoms with Gasteiger partial charge in [-0.25, -0.2) is 9.78 Å². The SMILES string of the molecule is COC(=O)c1c(C)cc(NCc2ccccc2)n2c1nc1ccccc12. The molecule has 0 bridgehead atoms. The number of hydrogen-bond acceptors (Lipinski definition) is 4. The minimum Gasteiger partial charge on any atom is -0.465 e. The number of imidazole rings is 1. The number of rotatable bonds is 4. The highest BCUT2D eigenvalue weighted by molar-refractivity contribution is 6.00. The zero-order chi connectivity index (χ0) is 18.1. The van der Waals surface area contributed by atoms with Crippen molar-refractivity contribution in [3.8, 4) is 0 Å². The quantitative estimate of drug-likeness (QED) is 0.563. The summed E-state index contributed by atoms with van der Waals surface area (Å²) in [6.07, 6.45) is 0. The van der Waals surface area contributed by atoms with Crippen molar-refractivity contribution < 1.29 is 9.53 Å². The summed E-state index contributed by atoms with van der Waals surface area (Å²) in [6, 6.07) is 20.0. The number of fused-ring (bicyclic) bond motifs is 3. The highest BCUT2D eigenvalue weighted by Crippen LogP contribution is 2.27. The lowest BCUT2D eigenvalue weighted by atomic mass is 10.1. The molecular weight excluding hydrogens is 326 g/mol. The van der Waals surface area contributed by atoms with Gasteiger partial charge in [-0.2, -0.15) is 0 Å². The first-order valence-electron chi connectivity index (χ1n) is 8.46. The van der Waals surface area contributed by atoms with Crippen LogP contribution < -0.4 is 5.32 Å². The van der Waals surface area contributed by atoms with Gasteiger partial charge >= 0.3 is 5.97 Å². The van der Waals surface area contributed by atoms with Crippen molar-refractivity contribution in [3.63, 3.8) is 0 Å². The minimum atomic E-state index is -0.377. The molecule has 5 nitrogen and oxygen atoms in total. The van der Waals surface area contributed by atoms with Gasteiger partial charge in [0.1, 0.15) is 11.4 Å². The second-order valence-corrected chi connectivity index (χ2v) is 6.18. The molecule has 0 atom stereocenters. The zero-order valence-corrected chi connectivity index (χ0v) is 14.7. The van der Waals surface area contributed by atoms with Crippen LogP contribution in [0.15, 0.2) is 60.7 Å². The number of aryl methyl sites for hydroxylation is 1. The molecule has 0 aliphatic carbocycles. The monoisotopic (exact) mass is 345 g/mol. The van der Waals surface area contributed by atoms with Crippen LogP contribution in [0, 0.1) is 6.92 Å². The molecule has 0 spiro atoms. The first-order valence-corrected chi connectivity index (χ1v) is 8.46. The summed E-state index contributed by atoms with van der Waals surface area (Å²) < 4.78 is 6.96. The molecule has 4 aromatic rings. The molecule has 0 saturated carbocycles. The molecule has 2 aromatic carbocycles. The number of ether oxygens (including phenoxy) is 1. The Kier molecular flexibility index (Phi) is 4.05. The van der Waals surface area contributed by atoms with E-state index in [9.17, 15) is 4.79 Å². The lowest BCUT2D eigenvalue weighted by molar-refractivity contribution is 0.0601.